The molecule has 0 saturated heterocycles. The van der Waals surface area contributed by atoms with E-state index in [1.165, 1.54) is 25.7 Å². The Morgan fingerprint density at radius 3 is 2.28 bits per heavy atom. The quantitative estimate of drug-likeness (QED) is 0.793. The smallest absolute Gasteiger partial charge is 0.0727 e. The van der Waals surface area contributed by atoms with Crippen LogP contribution in [0.25, 0.3) is 0 Å². The molecule has 2 fully saturated rings. The van der Waals surface area contributed by atoms with Gasteiger partial charge in [0, 0.05) is 12.0 Å². The molecule has 2 nitrogen and oxygen atoms in total. The maximum atomic E-state index is 11.2. The maximum Gasteiger partial charge on any atom is 0.0727 e. The number of fused-ring (bicyclic) bond motifs is 1. The second-order valence-corrected chi connectivity index (χ2v) is 7.70. The maximum absolute atomic E-state index is 11.2. The molecular formula is C16H30O2. The van der Waals surface area contributed by atoms with Crippen molar-refractivity contribution < 1.29 is 10.2 Å². The minimum Gasteiger partial charge on any atom is -0.396 e. The Morgan fingerprint density at radius 1 is 1.06 bits per heavy atom. The van der Waals surface area contributed by atoms with Crippen molar-refractivity contribution >= 4 is 0 Å². The molecule has 106 valence electrons. The van der Waals surface area contributed by atoms with Crippen LogP contribution >= 0.6 is 0 Å². The highest BCUT2D eigenvalue weighted by molar-refractivity contribution is 5.11. The number of hydrogen-bond donors (Lipinski definition) is 2. The summed E-state index contributed by atoms with van der Waals surface area (Å²) < 4.78 is 0. The van der Waals surface area contributed by atoms with E-state index in [1.54, 1.807) is 0 Å². The highest BCUT2D eigenvalue weighted by Gasteiger charge is 2.61. The van der Waals surface area contributed by atoms with Gasteiger partial charge in [-0.05, 0) is 43.4 Å². The van der Waals surface area contributed by atoms with Gasteiger partial charge in [0.2, 0.25) is 0 Å². The lowest BCUT2D eigenvalue weighted by Crippen LogP contribution is -2.63. The fourth-order valence-corrected chi connectivity index (χ4v) is 4.94. The van der Waals surface area contributed by atoms with E-state index in [1.807, 2.05) is 6.92 Å². The molecule has 2 heteroatoms. The standard InChI is InChI=1S/C16H30O2/c1-14(2)11-12-7-5-6-8-13(12)15(3,9-10-17)16(14,4)18/h12-13,17-18H,5-11H2,1-4H3. The molecule has 2 saturated carbocycles. The van der Waals surface area contributed by atoms with Crippen LogP contribution in [0.5, 0.6) is 0 Å². The van der Waals surface area contributed by atoms with Gasteiger partial charge >= 0.3 is 0 Å². The molecule has 2 N–H and O–H groups in total. The Labute approximate surface area is 112 Å². The summed E-state index contributed by atoms with van der Waals surface area (Å²) in [4.78, 5) is 0. The third-order valence-electron chi connectivity index (χ3n) is 6.56. The van der Waals surface area contributed by atoms with E-state index in [2.05, 4.69) is 20.8 Å². The Balaban J connectivity index is 2.40. The van der Waals surface area contributed by atoms with Gasteiger partial charge in [0.05, 0.1) is 5.60 Å². The molecule has 0 aromatic carbocycles. The van der Waals surface area contributed by atoms with Crippen molar-refractivity contribution in [2.24, 2.45) is 22.7 Å². The van der Waals surface area contributed by atoms with Gasteiger partial charge in [0.15, 0.2) is 0 Å². The molecular weight excluding hydrogens is 224 g/mol. The van der Waals surface area contributed by atoms with E-state index in [-0.39, 0.29) is 17.4 Å². The summed E-state index contributed by atoms with van der Waals surface area (Å²) in [6, 6.07) is 0. The van der Waals surface area contributed by atoms with Gasteiger partial charge in [-0.15, -0.1) is 0 Å². The van der Waals surface area contributed by atoms with Gasteiger partial charge in [-0.2, -0.15) is 0 Å². The Morgan fingerprint density at radius 2 is 1.67 bits per heavy atom. The fourth-order valence-electron chi connectivity index (χ4n) is 4.94. The first kappa shape index (κ1) is 14.3. The summed E-state index contributed by atoms with van der Waals surface area (Å²) in [5.74, 6) is 1.33. The molecule has 4 unspecified atom stereocenters. The summed E-state index contributed by atoms with van der Waals surface area (Å²) in [6.07, 6.45) is 7.03. The van der Waals surface area contributed by atoms with Crippen LogP contribution in [-0.2, 0) is 0 Å². The van der Waals surface area contributed by atoms with Crippen LogP contribution in [0.2, 0.25) is 0 Å². The third-order valence-corrected chi connectivity index (χ3v) is 6.56. The fraction of sp³-hybridized carbons (Fsp3) is 1.00. The lowest BCUT2D eigenvalue weighted by Gasteiger charge is -2.63. The van der Waals surface area contributed by atoms with Gasteiger partial charge < -0.3 is 10.2 Å². The van der Waals surface area contributed by atoms with Crippen molar-refractivity contribution in [2.45, 2.75) is 71.8 Å². The number of aliphatic hydroxyl groups excluding tert-OH is 1. The summed E-state index contributed by atoms with van der Waals surface area (Å²) in [6.45, 7) is 8.81. The molecule has 0 radical (unpaired) electrons. The Hall–Kier alpha value is -0.0800. The zero-order valence-corrected chi connectivity index (χ0v) is 12.5. The lowest BCUT2D eigenvalue weighted by atomic mass is 9.44. The summed E-state index contributed by atoms with van der Waals surface area (Å²) in [7, 11) is 0. The molecule has 2 rings (SSSR count). The minimum atomic E-state index is -0.693. The van der Waals surface area contributed by atoms with E-state index < -0.39 is 5.60 Å². The van der Waals surface area contributed by atoms with Crippen molar-refractivity contribution in [1.29, 1.82) is 0 Å². The first-order valence-electron chi connectivity index (χ1n) is 7.59. The summed E-state index contributed by atoms with van der Waals surface area (Å²) in [5.41, 5.74) is -0.898. The van der Waals surface area contributed by atoms with Crippen LogP contribution in [0.4, 0.5) is 0 Å². The summed E-state index contributed by atoms with van der Waals surface area (Å²) in [5, 5.41) is 20.6. The van der Waals surface area contributed by atoms with Crippen LogP contribution in [0.1, 0.15) is 66.2 Å². The predicted octanol–water partition coefficient (Wildman–Crippen LogP) is 3.36. The number of aliphatic hydroxyl groups is 2. The van der Waals surface area contributed by atoms with E-state index >= 15 is 0 Å². The topological polar surface area (TPSA) is 40.5 Å². The third kappa shape index (κ3) is 1.84. The molecule has 0 aliphatic heterocycles. The first-order valence-corrected chi connectivity index (χ1v) is 7.59. The Bertz CT molecular complexity index is 308. The van der Waals surface area contributed by atoms with Crippen molar-refractivity contribution in [3.05, 3.63) is 0 Å². The second kappa shape index (κ2) is 4.49. The number of hydrogen-bond acceptors (Lipinski definition) is 2. The predicted molar refractivity (Wildman–Crippen MR) is 74.3 cm³/mol. The zero-order valence-electron chi connectivity index (χ0n) is 12.5. The van der Waals surface area contributed by atoms with Crippen LogP contribution in [0.15, 0.2) is 0 Å². The molecule has 0 aromatic heterocycles. The van der Waals surface area contributed by atoms with Crippen molar-refractivity contribution in [2.75, 3.05) is 6.61 Å². The van der Waals surface area contributed by atoms with Crippen molar-refractivity contribution in [1.82, 2.24) is 0 Å². The zero-order chi connectivity index (χ0) is 13.6. The molecule has 4 atom stereocenters. The number of rotatable bonds is 2. The summed E-state index contributed by atoms with van der Waals surface area (Å²) >= 11 is 0. The minimum absolute atomic E-state index is 0.0601. The molecule has 2 aliphatic rings. The van der Waals surface area contributed by atoms with Crippen LogP contribution < -0.4 is 0 Å². The normalized spacial score (nSPS) is 47.7. The molecule has 0 bridgehead atoms. The lowest BCUT2D eigenvalue weighted by molar-refractivity contribution is -0.225. The van der Waals surface area contributed by atoms with E-state index in [0.717, 1.165) is 18.8 Å². The van der Waals surface area contributed by atoms with Gasteiger partial charge in [-0.1, -0.05) is 40.0 Å². The molecule has 0 heterocycles. The Kier molecular flexibility index (Phi) is 3.57. The average molecular weight is 254 g/mol. The van der Waals surface area contributed by atoms with Gasteiger partial charge in [-0.25, -0.2) is 0 Å². The molecule has 0 aromatic rings. The van der Waals surface area contributed by atoms with Crippen LogP contribution in [0.3, 0.4) is 0 Å². The van der Waals surface area contributed by atoms with Gasteiger partial charge in [0.1, 0.15) is 0 Å². The highest BCUT2D eigenvalue weighted by Crippen LogP contribution is 2.62. The second-order valence-electron chi connectivity index (χ2n) is 7.70. The molecule has 18 heavy (non-hydrogen) atoms. The van der Waals surface area contributed by atoms with E-state index in [0.29, 0.717) is 5.92 Å². The molecule has 0 spiro atoms. The monoisotopic (exact) mass is 254 g/mol. The first-order chi connectivity index (χ1) is 8.26. The van der Waals surface area contributed by atoms with Crippen LogP contribution in [0, 0.1) is 22.7 Å². The van der Waals surface area contributed by atoms with Crippen LogP contribution in [-0.4, -0.2) is 22.4 Å². The SMILES string of the molecule is CC1(C)CC2CCCCC2C(C)(CCO)C1(C)O. The van der Waals surface area contributed by atoms with Crippen molar-refractivity contribution in [3.63, 3.8) is 0 Å². The van der Waals surface area contributed by atoms with Gasteiger partial charge in [0.25, 0.3) is 0 Å². The van der Waals surface area contributed by atoms with E-state index in [9.17, 15) is 10.2 Å². The van der Waals surface area contributed by atoms with Gasteiger partial charge in [-0.3, -0.25) is 0 Å². The van der Waals surface area contributed by atoms with E-state index in [4.69, 9.17) is 0 Å². The average Bonchev–Trinajstić information content (AvgIpc) is 2.27. The van der Waals surface area contributed by atoms with Crippen molar-refractivity contribution in [3.8, 4) is 0 Å². The molecule has 0 amide bonds. The highest BCUT2D eigenvalue weighted by atomic mass is 16.3. The molecule has 2 aliphatic carbocycles. The largest absolute Gasteiger partial charge is 0.396 e.